The summed E-state index contributed by atoms with van der Waals surface area (Å²) >= 11 is 3.95. The predicted molar refractivity (Wildman–Crippen MR) is 85.3 cm³/mol. The van der Waals surface area contributed by atoms with Crippen LogP contribution in [0.4, 0.5) is 14.5 Å². The second-order valence-electron chi connectivity index (χ2n) is 4.86. The number of carbonyl (C=O) groups excluding carboxylic acids is 2. The number of thiol groups is 1. The predicted octanol–water partition coefficient (Wildman–Crippen LogP) is 1.13. The van der Waals surface area contributed by atoms with E-state index in [2.05, 4.69) is 33.6 Å². The number of aromatic nitrogens is 3. The van der Waals surface area contributed by atoms with Gasteiger partial charge in [-0.3, -0.25) is 9.59 Å². The number of carbonyl (C=O) groups is 2. The molecule has 24 heavy (non-hydrogen) atoms. The molecular weight excluding hydrogens is 340 g/mol. The molecule has 2 amide bonds. The molecule has 1 aromatic heterocycles. The zero-order chi connectivity index (χ0) is 17.5. The second kappa shape index (κ2) is 8.39. The van der Waals surface area contributed by atoms with Gasteiger partial charge < -0.3 is 10.6 Å². The number of anilines is 1. The number of nitrogens with zero attached hydrogens (tertiary/aromatic N) is 3. The van der Waals surface area contributed by atoms with E-state index in [0.717, 1.165) is 12.1 Å². The first-order valence-corrected chi connectivity index (χ1v) is 7.62. The van der Waals surface area contributed by atoms with E-state index >= 15 is 0 Å². The average molecular weight is 355 g/mol. The van der Waals surface area contributed by atoms with E-state index in [1.54, 1.807) is 0 Å². The highest BCUT2D eigenvalue weighted by atomic mass is 32.1. The van der Waals surface area contributed by atoms with Crippen molar-refractivity contribution in [1.82, 2.24) is 20.3 Å². The van der Waals surface area contributed by atoms with Gasteiger partial charge in [-0.05, 0) is 17.9 Å². The number of hydrogen-bond donors (Lipinski definition) is 3. The Balaban J connectivity index is 1.87. The maximum absolute atomic E-state index is 13.1. The Kier molecular flexibility index (Phi) is 6.24. The summed E-state index contributed by atoms with van der Waals surface area (Å²) in [4.78, 5) is 23.2. The molecule has 0 aliphatic carbocycles. The molecule has 0 spiro atoms. The van der Waals surface area contributed by atoms with E-state index < -0.39 is 17.5 Å². The Bertz CT molecular complexity index is 717. The van der Waals surface area contributed by atoms with Crippen molar-refractivity contribution < 1.29 is 18.4 Å². The van der Waals surface area contributed by atoms with Crippen molar-refractivity contribution in [2.45, 2.75) is 19.5 Å². The van der Waals surface area contributed by atoms with Crippen molar-refractivity contribution in [2.75, 3.05) is 11.1 Å². The first kappa shape index (κ1) is 17.9. The lowest BCUT2D eigenvalue weighted by Crippen LogP contribution is -2.23. The maximum Gasteiger partial charge on any atom is 0.246 e. The van der Waals surface area contributed by atoms with Gasteiger partial charge in [0, 0.05) is 18.2 Å². The number of rotatable bonds is 7. The molecule has 0 fully saturated rings. The largest absolute Gasteiger partial charge is 0.350 e. The number of nitrogens with one attached hydrogen (secondary N) is 2. The molecule has 0 aliphatic heterocycles. The van der Waals surface area contributed by atoms with Gasteiger partial charge in [0.1, 0.15) is 23.9 Å². The normalized spacial score (nSPS) is 10.5. The first-order valence-electron chi connectivity index (χ1n) is 6.99. The molecule has 7 nitrogen and oxygen atoms in total. The molecular formula is C14H15F2N5O2S. The summed E-state index contributed by atoms with van der Waals surface area (Å²) in [6, 6.07) is 2.72. The van der Waals surface area contributed by atoms with Gasteiger partial charge in [-0.1, -0.05) is 5.21 Å². The van der Waals surface area contributed by atoms with Crippen molar-refractivity contribution >= 4 is 30.1 Å². The van der Waals surface area contributed by atoms with Gasteiger partial charge >= 0.3 is 0 Å². The fraction of sp³-hybridized carbons (Fsp3) is 0.286. The lowest BCUT2D eigenvalue weighted by molar-refractivity contribution is -0.121. The van der Waals surface area contributed by atoms with Crippen LogP contribution in [0.2, 0.25) is 0 Å². The van der Waals surface area contributed by atoms with E-state index in [0.29, 0.717) is 23.9 Å². The molecule has 0 bridgehead atoms. The highest BCUT2D eigenvalue weighted by molar-refractivity contribution is 7.80. The van der Waals surface area contributed by atoms with Gasteiger partial charge in [0.05, 0.1) is 12.7 Å². The smallest absolute Gasteiger partial charge is 0.246 e. The average Bonchev–Trinajstić information content (AvgIpc) is 2.91. The summed E-state index contributed by atoms with van der Waals surface area (Å²) < 4.78 is 27.4. The van der Waals surface area contributed by atoms with E-state index in [1.807, 2.05) is 0 Å². The summed E-state index contributed by atoms with van der Waals surface area (Å²) in [5.74, 6) is -1.81. The Morgan fingerprint density at radius 3 is 2.54 bits per heavy atom. The van der Waals surface area contributed by atoms with Crippen LogP contribution in [0.15, 0.2) is 24.4 Å². The Morgan fingerprint density at radius 1 is 1.17 bits per heavy atom. The zero-order valence-electron chi connectivity index (χ0n) is 12.5. The van der Waals surface area contributed by atoms with E-state index in [9.17, 15) is 18.4 Å². The van der Waals surface area contributed by atoms with Crippen LogP contribution >= 0.6 is 12.6 Å². The van der Waals surface area contributed by atoms with E-state index in [4.69, 9.17) is 0 Å². The SMILES string of the molecule is O=C(CCS)NCc1cn(CC(=O)Nc2cc(F)cc(F)c2)nn1. The fourth-order valence-corrected chi connectivity index (χ4v) is 2.05. The Morgan fingerprint density at radius 2 is 1.88 bits per heavy atom. The van der Waals surface area contributed by atoms with Crippen LogP contribution in [0.1, 0.15) is 12.1 Å². The standard InChI is InChI=1S/C14H15F2N5O2S/c15-9-3-10(16)5-11(4-9)18-14(23)8-21-7-12(19-20-21)6-17-13(22)1-2-24/h3-5,7,24H,1-2,6,8H2,(H,17,22)(H,18,23). The Labute approximate surface area is 141 Å². The molecule has 0 saturated carbocycles. The molecule has 0 radical (unpaired) electrons. The molecule has 2 rings (SSSR count). The third kappa shape index (κ3) is 5.61. The molecule has 10 heteroatoms. The van der Waals surface area contributed by atoms with Crippen LogP contribution in [-0.4, -0.2) is 32.6 Å². The number of hydrogen-bond acceptors (Lipinski definition) is 5. The van der Waals surface area contributed by atoms with Gasteiger partial charge in [0.15, 0.2) is 0 Å². The highest BCUT2D eigenvalue weighted by Gasteiger charge is 2.09. The lowest BCUT2D eigenvalue weighted by Gasteiger charge is -2.05. The van der Waals surface area contributed by atoms with E-state index in [1.165, 1.54) is 10.9 Å². The van der Waals surface area contributed by atoms with Crippen molar-refractivity contribution in [3.05, 3.63) is 41.7 Å². The molecule has 0 saturated heterocycles. The molecule has 0 unspecified atom stereocenters. The van der Waals surface area contributed by atoms with Crippen molar-refractivity contribution in [3.8, 4) is 0 Å². The number of benzene rings is 1. The summed E-state index contributed by atoms with van der Waals surface area (Å²) in [5.41, 5.74) is 0.490. The van der Waals surface area contributed by atoms with Crippen molar-refractivity contribution in [2.24, 2.45) is 0 Å². The molecule has 128 valence electrons. The topological polar surface area (TPSA) is 88.9 Å². The first-order chi connectivity index (χ1) is 11.5. The zero-order valence-corrected chi connectivity index (χ0v) is 13.4. The highest BCUT2D eigenvalue weighted by Crippen LogP contribution is 2.12. The van der Waals surface area contributed by atoms with Gasteiger partial charge in [0.25, 0.3) is 0 Å². The number of halogens is 2. The molecule has 0 atom stereocenters. The van der Waals surface area contributed by atoms with Gasteiger partial charge in [-0.2, -0.15) is 12.6 Å². The van der Waals surface area contributed by atoms with Crippen LogP contribution in [0.25, 0.3) is 0 Å². The monoisotopic (exact) mass is 355 g/mol. The lowest BCUT2D eigenvalue weighted by atomic mass is 10.3. The quantitative estimate of drug-likeness (QED) is 0.650. The summed E-state index contributed by atoms with van der Waals surface area (Å²) in [6.45, 7) is -0.000936. The summed E-state index contributed by atoms with van der Waals surface area (Å²) in [7, 11) is 0. The fourth-order valence-electron chi connectivity index (χ4n) is 1.85. The van der Waals surface area contributed by atoms with Crippen LogP contribution in [0.3, 0.4) is 0 Å². The summed E-state index contributed by atoms with van der Waals surface area (Å²) in [5, 5.41) is 12.6. The van der Waals surface area contributed by atoms with Gasteiger partial charge in [0.2, 0.25) is 11.8 Å². The van der Waals surface area contributed by atoms with Crippen molar-refractivity contribution in [3.63, 3.8) is 0 Å². The van der Waals surface area contributed by atoms with Crippen LogP contribution in [-0.2, 0) is 22.7 Å². The molecule has 1 aromatic carbocycles. The van der Waals surface area contributed by atoms with Crippen LogP contribution in [0, 0.1) is 11.6 Å². The molecule has 2 N–H and O–H groups in total. The summed E-state index contributed by atoms with van der Waals surface area (Å²) in [6.07, 6.45) is 1.79. The minimum absolute atomic E-state index is 0.0110. The Hall–Kier alpha value is -2.49. The molecule has 1 heterocycles. The maximum atomic E-state index is 13.1. The van der Waals surface area contributed by atoms with Crippen LogP contribution < -0.4 is 10.6 Å². The molecule has 2 aromatic rings. The third-order valence-electron chi connectivity index (χ3n) is 2.84. The minimum atomic E-state index is -0.787. The van der Waals surface area contributed by atoms with Gasteiger partial charge in [-0.15, -0.1) is 5.10 Å². The molecule has 0 aliphatic rings. The second-order valence-corrected chi connectivity index (χ2v) is 5.31. The third-order valence-corrected chi connectivity index (χ3v) is 3.07. The van der Waals surface area contributed by atoms with Crippen LogP contribution in [0.5, 0.6) is 0 Å². The minimum Gasteiger partial charge on any atom is -0.350 e. The van der Waals surface area contributed by atoms with E-state index in [-0.39, 0.29) is 24.7 Å². The van der Waals surface area contributed by atoms with Crippen molar-refractivity contribution in [1.29, 1.82) is 0 Å². The number of amides is 2. The van der Waals surface area contributed by atoms with Gasteiger partial charge in [-0.25, -0.2) is 13.5 Å².